The third kappa shape index (κ3) is 5.46. The molecule has 0 heterocycles. The summed E-state index contributed by atoms with van der Waals surface area (Å²) in [5.41, 5.74) is 0. The van der Waals surface area contributed by atoms with Crippen LogP contribution >= 0.6 is 11.8 Å². The average molecular weight is 303 g/mol. The molecule has 1 rings (SSSR count). The highest BCUT2D eigenvalue weighted by Crippen LogP contribution is 2.23. The molecule has 0 saturated heterocycles. The van der Waals surface area contributed by atoms with Crippen LogP contribution in [0.4, 0.5) is 8.78 Å². The standard InChI is InChI=1S/C14H19F2NO2S/c1-3-17-12(14(18)19-4-2)7-8-20-13-9-10(15)5-6-11(13)16/h5-6,9,12,17H,3-4,7-8H2,1-2H3. The highest BCUT2D eigenvalue weighted by molar-refractivity contribution is 7.99. The summed E-state index contributed by atoms with van der Waals surface area (Å²) in [6.07, 6.45) is 0.493. The second-order valence-electron chi connectivity index (χ2n) is 4.07. The van der Waals surface area contributed by atoms with E-state index in [4.69, 9.17) is 4.74 Å². The lowest BCUT2D eigenvalue weighted by Crippen LogP contribution is -2.38. The molecule has 1 aromatic carbocycles. The van der Waals surface area contributed by atoms with Crippen molar-refractivity contribution in [2.75, 3.05) is 18.9 Å². The molecule has 0 aromatic heterocycles. The third-order valence-corrected chi connectivity index (χ3v) is 3.64. The summed E-state index contributed by atoms with van der Waals surface area (Å²) in [4.78, 5) is 11.9. The smallest absolute Gasteiger partial charge is 0.323 e. The molecule has 1 aromatic rings. The molecular weight excluding hydrogens is 284 g/mol. The van der Waals surface area contributed by atoms with Gasteiger partial charge in [0.2, 0.25) is 0 Å². The van der Waals surface area contributed by atoms with Gasteiger partial charge in [0, 0.05) is 10.6 Å². The van der Waals surface area contributed by atoms with Crippen molar-refractivity contribution in [3.05, 3.63) is 29.8 Å². The van der Waals surface area contributed by atoms with Gasteiger partial charge in [0.1, 0.15) is 17.7 Å². The van der Waals surface area contributed by atoms with Crippen LogP contribution in [0.25, 0.3) is 0 Å². The van der Waals surface area contributed by atoms with Gasteiger partial charge in [-0.15, -0.1) is 11.8 Å². The van der Waals surface area contributed by atoms with E-state index in [1.165, 1.54) is 11.8 Å². The minimum Gasteiger partial charge on any atom is -0.465 e. The molecule has 112 valence electrons. The number of esters is 1. The number of halogens is 2. The van der Waals surface area contributed by atoms with Crippen LogP contribution in [0.2, 0.25) is 0 Å². The summed E-state index contributed by atoms with van der Waals surface area (Å²) in [7, 11) is 0. The zero-order valence-electron chi connectivity index (χ0n) is 11.6. The number of thioether (sulfide) groups is 1. The first-order valence-electron chi connectivity index (χ1n) is 6.56. The van der Waals surface area contributed by atoms with Crippen LogP contribution in [0.5, 0.6) is 0 Å². The van der Waals surface area contributed by atoms with E-state index in [9.17, 15) is 13.6 Å². The number of likely N-dealkylation sites (N-methyl/N-ethyl adjacent to an activating group) is 1. The first kappa shape index (κ1) is 16.9. The van der Waals surface area contributed by atoms with E-state index in [-0.39, 0.29) is 10.9 Å². The van der Waals surface area contributed by atoms with Crippen LogP contribution in [-0.4, -0.2) is 30.9 Å². The van der Waals surface area contributed by atoms with Gasteiger partial charge < -0.3 is 10.1 Å². The maximum Gasteiger partial charge on any atom is 0.323 e. The van der Waals surface area contributed by atoms with Crippen LogP contribution in [0.1, 0.15) is 20.3 Å². The predicted molar refractivity (Wildman–Crippen MR) is 75.8 cm³/mol. The molecule has 0 aliphatic heterocycles. The molecule has 0 spiro atoms. The van der Waals surface area contributed by atoms with Gasteiger partial charge in [0.05, 0.1) is 6.61 Å². The fraction of sp³-hybridized carbons (Fsp3) is 0.500. The second kappa shape index (κ2) is 8.92. The fourth-order valence-corrected chi connectivity index (χ4v) is 2.64. The van der Waals surface area contributed by atoms with Crippen LogP contribution in [0.15, 0.2) is 23.1 Å². The Balaban J connectivity index is 2.51. The van der Waals surface area contributed by atoms with E-state index in [0.29, 0.717) is 25.3 Å². The molecule has 0 saturated carbocycles. The second-order valence-corrected chi connectivity index (χ2v) is 5.21. The van der Waals surface area contributed by atoms with Crippen molar-refractivity contribution in [1.29, 1.82) is 0 Å². The minimum absolute atomic E-state index is 0.254. The highest BCUT2D eigenvalue weighted by Gasteiger charge is 2.18. The van der Waals surface area contributed by atoms with E-state index >= 15 is 0 Å². The number of carbonyl (C=O) groups is 1. The SMILES string of the molecule is CCNC(CCSc1cc(F)ccc1F)C(=O)OCC. The Kier molecular flexibility index (Phi) is 7.54. The number of nitrogens with one attached hydrogen (secondary N) is 1. The van der Waals surface area contributed by atoms with Gasteiger partial charge in [-0.2, -0.15) is 0 Å². The van der Waals surface area contributed by atoms with E-state index in [1.54, 1.807) is 6.92 Å². The van der Waals surface area contributed by atoms with Gasteiger partial charge in [-0.3, -0.25) is 4.79 Å². The monoisotopic (exact) mass is 303 g/mol. The van der Waals surface area contributed by atoms with E-state index < -0.39 is 17.7 Å². The molecule has 1 unspecified atom stereocenters. The number of hydrogen-bond donors (Lipinski definition) is 1. The lowest BCUT2D eigenvalue weighted by Gasteiger charge is -2.16. The van der Waals surface area contributed by atoms with E-state index in [1.807, 2.05) is 6.92 Å². The summed E-state index contributed by atoms with van der Waals surface area (Å²) < 4.78 is 31.4. The zero-order valence-corrected chi connectivity index (χ0v) is 12.4. The zero-order chi connectivity index (χ0) is 15.0. The van der Waals surface area contributed by atoms with Crippen molar-refractivity contribution in [2.45, 2.75) is 31.2 Å². The Morgan fingerprint density at radius 2 is 2.15 bits per heavy atom. The molecule has 0 radical (unpaired) electrons. The topological polar surface area (TPSA) is 38.3 Å². The molecule has 1 atom stereocenters. The summed E-state index contributed by atoms with van der Waals surface area (Å²) in [6.45, 7) is 4.61. The van der Waals surface area contributed by atoms with Crippen molar-refractivity contribution < 1.29 is 18.3 Å². The number of ether oxygens (including phenoxy) is 1. The molecule has 6 heteroatoms. The molecule has 20 heavy (non-hydrogen) atoms. The molecule has 0 bridgehead atoms. The van der Waals surface area contributed by atoms with Gasteiger partial charge >= 0.3 is 5.97 Å². The summed E-state index contributed by atoms with van der Waals surface area (Å²) in [6, 6.07) is 2.93. The number of hydrogen-bond acceptors (Lipinski definition) is 4. The highest BCUT2D eigenvalue weighted by atomic mass is 32.2. The van der Waals surface area contributed by atoms with Crippen molar-refractivity contribution in [1.82, 2.24) is 5.32 Å². The minimum atomic E-state index is -0.470. The average Bonchev–Trinajstić information content (AvgIpc) is 2.42. The predicted octanol–water partition coefficient (Wildman–Crippen LogP) is 2.99. The van der Waals surface area contributed by atoms with Gasteiger partial charge in [-0.05, 0) is 38.1 Å². The van der Waals surface area contributed by atoms with Gasteiger partial charge in [-0.25, -0.2) is 8.78 Å². The first-order chi connectivity index (χ1) is 9.58. The van der Waals surface area contributed by atoms with Gasteiger partial charge in [0.15, 0.2) is 0 Å². The Hall–Kier alpha value is -1.14. The maximum atomic E-state index is 13.4. The van der Waals surface area contributed by atoms with Crippen LogP contribution in [0, 0.1) is 11.6 Å². The van der Waals surface area contributed by atoms with Crippen LogP contribution in [0.3, 0.4) is 0 Å². The quantitative estimate of drug-likeness (QED) is 0.592. The van der Waals surface area contributed by atoms with Crippen LogP contribution < -0.4 is 5.32 Å². The molecule has 0 aliphatic rings. The summed E-state index contributed by atoms with van der Waals surface area (Å²) >= 11 is 1.19. The first-order valence-corrected chi connectivity index (χ1v) is 7.54. The molecular formula is C14H19F2NO2S. The fourth-order valence-electron chi connectivity index (χ4n) is 1.67. The number of benzene rings is 1. The van der Waals surface area contributed by atoms with Crippen molar-refractivity contribution >= 4 is 17.7 Å². The molecule has 1 N–H and O–H groups in total. The van der Waals surface area contributed by atoms with Gasteiger partial charge in [0.25, 0.3) is 0 Å². The van der Waals surface area contributed by atoms with Crippen molar-refractivity contribution in [3.8, 4) is 0 Å². The van der Waals surface area contributed by atoms with Crippen LogP contribution in [-0.2, 0) is 9.53 Å². The maximum absolute atomic E-state index is 13.4. The Morgan fingerprint density at radius 3 is 2.80 bits per heavy atom. The molecule has 0 aliphatic carbocycles. The Morgan fingerprint density at radius 1 is 1.40 bits per heavy atom. The molecule has 0 fully saturated rings. The summed E-state index contributed by atoms with van der Waals surface area (Å²) in [5.74, 6) is -0.735. The largest absolute Gasteiger partial charge is 0.465 e. The van der Waals surface area contributed by atoms with E-state index in [0.717, 1.165) is 18.2 Å². The number of carbonyl (C=O) groups excluding carboxylic acids is 1. The van der Waals surface area contributed by atoms with Gasteiger partial charge in [-0.1, -0.05) is 6.92 Å². The third-order valence-electron chi connectivity index (χ3n) is 2.58. The Bertz CT molecular complexity index is 443. The Labute approximate surface area is 122 Å². The molecule has 0 amide bonds. The van der Waals surface area contributed by atoms with Crippen molar-refractivity contribution in [3.63, 3.8) is 0 Å². The normalized spacial score (nSPS) is 12.2. The van der Waals surface area contributed by atoms with E-state index in [2.05, 4.69) is 5.32 Å². The number of rotatable bonds is 8. The lowest BCUT2D eigenvalue weighted by molar-refractivity contribution is -0.145. The van der Waals surface area contributed by atoms with Crippen molar-refractivity contribution in [2.24, 2.45) is 0 Å². The summed E-state index contributed by atoms with van der Waals surface area (Å²) in [5, 5.41) is 3.02. The lowest BCUT2D eigenvalue weighted by atomic mass is 10.2. The molecule has 3 nitrogen and oxygen atoms in total.